The maximum absolute atomic E-state index is 12.2. The summed E-state index contributed by atoms with van der Waals surface area (Å²) >= 11 is 0. The smallest absolute Gasteiger partial charge is 0.242 e. The number of hydrazine groups is 1. The number of aryl methyl sites for hydroxylation is 2. The van der Waals surface area contributed by atoms with Crippen molar-refractivity contribution in [2.24, 2.45) is 0 Å². The topological polar surface area (TPSA) is 32.3 Å². The average molecular weight is 280 g/mol. The number of nitrogens with one attached hydrogen (secondary N) is 1. The van der Waals surface area contributed by atoms with E-state index in [1.807, 2.05) is 35.3 Å². The number of anilines is 1. The Morgan fingerprint density at radius 3 is 2.81 bits per heavy atom. The molecule has 1 aliphatic rings. The van der Waals surface area contributed by atoms with Gasteiger partial charge in [-0.25, -0.2) is 0 Å². The highest BCUT2D eigenvalue weighted by Gasteiger charge is 2.18. The lowest BCUT2D eigenvalue weighted by molar-refractivity contribution is -0.120. The quantitative estimate of drug-likeness (QED) is 0.937. The van der Waals surface area contributed by atoms with Crippen molar-refractivity contribution < 1.29 is 4.79 Å². The summed E-state index contributed by atoms with van der Waals surface area (Å²) in [5.41, 5.74) is 7.80. The highest BCUT2D eigenvalue weighted by atomic mass is 16.2. The van der Waals surface area contributed by atoms with Gasteiger partial charge in [0.05, 0.1) is 12.1 Å². The van der Waals surface area contributed by atoms with Gasteiger partial charge >= 0.3 is 0 Å². The van der Waals surface area contributed by atoms with Crippen molar-refractivity contribution in [1.82, 2.24) is 5.43 Å². The number of hydrogen-bond donors (Lipinski definition) is 1. The van der Waals surface area contributed by atoms with Crippen molar-refractivity contribution in [3.05, 3.63) is 65.2 Å². The molecule has 108 valence electrons. The molecule has 0 aliphatic carbocycles. The Kier molecular flexibility index (Phi) is 3.91. The van der Waals surface area contributed by atoms with Gasteiger partial charge in [-0.1, -0.05) is 48.0 Å². The summed E-state index contributed by atoms with van der Waals surface area (Å²) in [4.78, 5) is 12.2. The van der Waals surface area contributed by atoms with Crippen molar-refractivity contribution in [2.75, 3.05) is 11.6 Å². The monoisotopic (exact) mass is 280 g/mol. The Hall–Kier alpha value is -2.29. The van der Waals surface area contributed by atoms with Crippen LogP contribution >= 0.6 is 0 Å². The third kappa shape index (κ3) is 3.24. The standard InChI is InChI=1S/C18H20N2O/c1-14-9-10-17-16(12-14)8-5-11-20(17)19-18(21)13-15-6-3-2-4-7-15/h2-4,6-7,9-10,12H,5,8,11,13H2,1H3,(H,19,21). The minimum atomic E-state index is 0.0367. The van der Waals surface area contributed by atoms with Crippen LogP contribution in [0.1, 0.15) is 23.1 Å². The van der Waals surface area contributed by atoms with Crippen LogP contribution in [0.25, 0.3) is 0 Å². The van der Waals surface area contributed by atoms with Crippen LogP contribution in [0.3, 0.4) is 0 Å². The first-order valence-corrected chi connectivity index (χ1v) is 7.43. The second-order valence-electron chi connectivity index (χ2n) is 5.58. The van der Waals surface area contributed by atoms with E-state index in [2.05, 4.69) is 30.5 Å². The highest BCUT2D eigenvalue weighted by molar-refractivity contribution is 5.80. The van der Waals surface area contributed by atoms with Crippen molar-refractivity contribution in [3.8, 4) is 0 Å². The van der Waals surface area contributed by atoms with Crippen LogP contribution in [0.15, 0.2) is 48.5 Å². The first kappa shape index (κ1) is 13.7. The van der Waals surface area contributed by atoms with Crippen molar-refractivity contribution in [2.45, 2.75) is 26.2 Å². The van der Waals surface area contributed by atoms with Crippen molar-refractivity contribution >= 4 is 11.6 Å². The van der Waals surface area contributed by atoms with Gasteiger partial charge in [0.2, 0.25) is 5.91 Å². The molecule has 0 spiro atoms. The van der Waals surface area contributed by atoms with E-state index < -0.39 is 0 Å². The molecule has 0 fully saturated rings. The lowest BCUT2D eigenvalue weighted by Crippen LogP contribution is -2.45. The summed E-state index contributed by atoms with van der Waals surface area (Å²) in [5.74, 6) is 0.0367. The molecule has 0 bridgehead atoms. The third-order valence-corrected chi connectivity index (χ3v) is 3.82. The van der Waals surface area contributed by atoms with E-state index in [0.29, 0.717) is 6.42 Å². The zero-order chi connectivity index (χ0) is 14.7. The number of nitrogens with zero attached hydrogens (tertiary/aromatic N) is 1. The summed E-state index contributed by atoms with van der Waals surface area (Å²) in [5, 5.41) is 1.99. The van der Waals surface area contributed by atoms with E-state index in [1.54, 1.807) is 0 Å². The number of carbonyl (C=O) groups is 1. The third-order valence-electron chi connectivity index (χ3n) is 3.82. The molecular formula is C18H20N2O. The maximum atomic E-state index is 12.2. The maximum Gasteiger partial charge on any atom is 0.242 e. The summed E-state index contributed by atoms with van der Waals surface area (Å²) in [7, 11) is 0. The number of carbonyl (C=O) groups excluding carboxylic acids is 1. The number of hydrogen-bond acceptors (Lipinski definition) is 2. The van der Waals surface area contributed by atoms with Gasteiger partial charge in [0, 0.05) is 6.54 Å². The van der Waals surface area contributed by atoms with Gasteiger partial charge in [-0.15, -0.1) is 0 Å². The van der Waals surface area contributed by atoms with E-state index in [1.165, 1.54) is 11.1 Å². The second kappa shape index (κ2) is 6.00. The molecule has 0 aromatic heterocycles. The molecular weight excluding hydrogens is 260 g/mol. The minimum Gasteiger partial charge on any atom is -0.285 e. The van der Waals surface area contributed by atoms with Crippen LogP contribution in [-0.2, 0) is 17.6 Å². The summed E-state index contributed by atoms with van der Waals surface area (Å²) < 4.78 is 0. The number of fused-ring (bicyclic) bond motifs is 1. The van der Waals surface area contributed by atoms with Crippen molar-refractivity contribution in [3.63, 3.8) is 0 Å². The zero-order valence-electron chi connectivity index (χ0n) is 12.3. The molecule has 3 nitrogen and oxygen atoms in total. The summed E-state index contributed by atoms with van der Waals surface area (Å²) in [6.07, 6.45) is 2.57. The van der Waals surface area contributed by atoms with Crippen molar-refractivity contribution in [1.29, 1.82) is 0 Å². The minimum absolute atomic E-state index is 0.0367. The molecule has 0 atom stereocenters. The number of amides is 1. The first-order valence-electron chi connectivity index (χ1n) is 7.43. The molecule has 0 radical (unpaired) electrons. The Bertz CT molecular complexity index is 637. The summed E-state index contributed by atoms with van der Waals surface area (Å²) in [6, 6.07) is 16.3. The van der Waals surface area contributed by atoms with E-state index >= 15 is 0 Å². The van der Waals surface area contributed by atoms with Gasteiger partial charge in [0.25, 0.3) is 0 Å². The molecule has 0 saturated heterocycles. The Balaban J connectivity index is 1.70. The van der Waals surface area contributed by atoms with E-state index in [9.17, 15) is 4.79 Å². The van der Waals surface area contributed by atoms with Crippen LogP contribution in [0, 0.1) is 6.92 Å². The molecule has 3 rings (SSSR count). The summed E-state index contributed by atoms with van der Waals surface area (Å²) in [6.45, 7) is 2.98. The van der Waals surface area contributed by atoms with Gasteiger partial charge in [0.1, 0.15) is 0 Å². The van der Waals surface area contributed by atoms with E-state index in [-0.39, 0.29) is 5.91 Å². The number of rotatable bonds is 3. The van der Waals surface area contributed by atoms with Crippen LogP contribution in [0.2, 0.25) is 0 Å². The fourth-order valence-electron chi connectivity index (χ4n) is 2.81. The van der Waals surface area contributed by atoms with Crippen LogP contribution in [-0.4, -0.2) is 12.5 Å². The first-order chi connectivity index (χ1) is 10.2. The Morgan fingerprint density at radius 1 is 1.19 bits per heavy atom. The van der Waals surface area contributed by atoms with E-state index in [0.717, 1.165) is 30.6 Å². The van der Waals surface area contributed by atoms with Crippen LogP contribution in [0.5, 0.6) is 0 Å². The Labute approximate surface area is 125 Å². The Morgan fingerprint density at radius 2 is 2.00 bits per heavy atom. The molecule has 2 aromatic carbocycles. The fourth-order valence-corrected chi connectivity index (χ4v) is 2.81. The predicted molar refractivity (Wildman–Crippen MR) is 85.1 cm³/mol. The average Bonchev–Trinajstić information content (AvgIpc) is 2.48. The molecule has 1 N–H and O–H groups in total. The zero-order valence-corrected chi connectivity index (χ0v) is 12.3. The lowest BCUT2D eigenvalue weighted by Gasteiger charge is -2.31. The molecule has 1 amide bonds. The van der Waals surface area contributed by atoms with E-state index in [4.69, 9.17) is 0 Å². The van der Waals surface area contributed by atoms with Gasteiger partial charge < -0.3 is 0 Å². The van der Waals surface area contributed by atoms with Gasteiger partial charge in [-0.2, -0.15) is 0 Å². The molecule has 0 unspecified atom stereocenters. The molecule has 2 aromatic rings. The number of benzene rings is 2. The normalized spacial score (nSPS) is 13.7. The lowest BCUT2D eigenvalue weighted by atomic mass is 10.0. The fraction of sp³-hybridized carbons (Fsp3) is 0.278. The highest BCUT2D eigenvalue weighted by Crippen LogP contribution is 2.26. The van der Waals surface area contributed by atoms with Gasteiger partial charge in [0.15, 0.2) is 0 Å². The van der Waals surface area contributed by atoms with Gasteiger partial charge in [-0.3, -0.25) is 15.2 Å². The molecule has 3 heteroatoms. The largest absolute Gasteiger partial charge is 0.285 e. The SMILES string of the molecule is Cc1ccc2c(c1)CCCN2NC(=O)Cc1ccccc1. The molecule has 0 saturated carbocycles. The molecule has 1 aliphatic heterocycles. The molecule has 1 heterocycles. The van der Waals surface area contributed by atoms with Gasteiger partial charge in [-0.05, 0) is 37.0 Å². The van der Waals surface area contributed by atoms with Crippen LogP contribution < -0.4 is 10.4 Å². The predicted octanol–water partition coefficient (Wildman–Crippen LogP) is 3.02. The second-order valence-corrected chi connectivity index (χ2v) is 5.58. The molecule has 21 heavy (non-hydrogen) atoms. The van der Waals surface area contributed by atoms with Crippen LogP contribution in [0.4, 0.5) is 5.69 Å².